The van der Waals surface area contributed by atoms with Crippen LogP contribution in [0.15, 0.2) is 0 Å². The first-order valence-electron chi connectivity index (χ1n) is 9.07. The second-order valence-corrected chi connectivity index (χ2v) is 8.65. The minimum absolute atomic E-state index is 0.171. The van der Waals surface area contributed by atoms with Gasteiger partial charge in [-0.15, -0.1) is 0 Å². The molecule has 1 unspecified atom stereocenters. The molecule has 164 valence electrons. The lowest BCUT2D eigenvalue weighted by Crippen LogP contribution is -2.37. The third kappa shape index (κ3) is 11.7. The summed E-state index contributed by atoms with van der Waals surface area (Å²) < 4.78 is 59.9. The Morgan fingerprint density at radius 2 is 1.37 bits per heavy atom. The zero-order chi connectivity index (χ0) is 21.8. The van der Waals surface area contributed by atoms with Gasteiger partial charge in [0.25, 0.3) is 0 Å². The van der Waals surface area contributed by atoms with Crippen molar-refractivity contribution in [3.8, 4) is 0 Å². The van der Waals surface area contributed by atoms with Gasteiger partial charge in [-0.1, -0.05) is 13.8 Å². The molecule has 0 saturated carbocycles. The summed E-state index contributed by atoms with van der Waals surface area (Å²) >= 11 is 0. The molecular formula is C17H36F3N3O3S. The maximum absolute atomic E-state index is 12.0. The molecule has 2 aliphatic heterocycles. The van der Waals surface area contributed by atoms with Crippen molar-refractivity contribution in [3.05, 3.63) is 0 Å². The average molecular weight is 420 g/mol. The molecule has 27 heavy (non-hydrogen) atoms. The molecule has 2 saturated heterocycles. The summed E-state index contributed by atoms with van der Waals surface area (Å²) in [5.74, 6) is -1.06. The Hall–Kier alpha value is -0.710. The summed E-state index contributed by atoms with van der Waals surface area (Å²) in [6.45, 7) is 8.99. The minimum atomic E-state index is -3.97. The first-order valence-corrected chi connectivity index (χ1v) is 10.9. The number of hydrogen-bond acceptors (Lipinski definition) is 5. The number of piperidine rings is 1. The van der Waals surface area contributed by atoms with Crippen molar-refractivity contribution >= 4 is 16.8 Å². The van der Waals surface area contributed by atoms with Gasteiger partial charge >= 0.3 is 6.18 Å². The van der Waals surface area contributed by atoms with E-state index in [0.717, 1.165) is 19.5 Å². The van der Waals surface area contributed by atoms with Gasteiger partial charge in [0.1, 0.15) is 6.79 Å². The van der Waals surface area contributed by atoms with Gasteiger partial charge in [-0.05, 0) is 53.0 Å². The number of sulfonamides is 1. The molecular weight excluding hydrogens is 383 g/mol. The van der Waals surface area contributed by atoms with Gasteiger partial charge < -0.3 is 14.6 Å². The largest absolute Gasteiger partial charge is 0.391 e. The van der Waals surface area contributed by atoms with E-state index in [-0.39, 0.29) is 18.9 Å². The Bertz CT molecular complexity index is 482. The van der Waals surface area contributed by atoms with Gasteiger partial charge in [0.15, 0.2) is 0 Å². The zero-order valence-corrected chi connectivity index (χ0v) is 18.2. The second-order valence-electron chi connectivity index (χ2n) is 6.60. The molecule has 2 aliphatic rings. The van der Waals surface area contributed by atoms with Gasteiger partial charge in [-0.2, -0.15) is 13.2 Å². The number of carbonyl (C=O) groups excluding carboxylic acids is 1. The Kier molecular flexibility index (Phi) is 14.2. The highest BCUT2D eigenvalue weighted by molar-refractivity contribution is 7.88. The Labute approximate surface area is 162 Å². The Balaban J connectivity index is 0. The number of nitrogens with zero attached hydrogens (tertiary/aromatic N) is 3. The molecule has 1 atom stereocenters. The summed E-state index contributed by atoms with van der Waals surface area (Å²) in [7, 11) is 2.51. The van der Waals surface area contributed by atoms with Crippen LogP contribution in [0.1, 0.15) is 33.1 Å². The number of alkyl halides is 3. The van der Waals surface area contributed by atoms with Crippen LogP contribution in [0.25, 0.3) is 0 Å². The molecule has 2 rings (SSSR count). The molecule has 0 aromatic heterocycles. The number of hydrogen-bond donors (Lipinski definition) is 0. The van der Waals surface area contributed by atoms with Crippen molar-refractivity contribution in [2.24, 2.45) is 5.92 Å². The van der Waals surface area contributed by atoms with E-state index >= 15 is 0 Å². The summed E-state index contributed by atoms with van der Waals surface area (Å²) in [6, 6.07) is 0.171. The van der Waals surface area contributed by atoms with E-state index in [0.29, 0.717) is 13.1 Å². The first kappa shape index (κ1) is 28.5. The van der Waals surface area contributed by atoms with Gasteiger partial charge in [0.05, 0.1) is 12.2 Å². The molecule has 6 nitrogen and oxygen atoms in total. The zero-order valence-electron chi connectivity index (χ0n) is 17.4. The SMILES string of the molecule is C=O.CC.CN1CCC(C(F)(F)F)CC1.CN1CCC(N(C)S(C)(=O)=O)C1. The van der Waals surface area contributed by atoms with Gasteiger partial charge in [-0.3, -0.25) is 0 Å². The van der Waals surface area contributed by atoms with Gasteiger partial charge in [-0.25, -0.2) is 12.7 Å². The van der Waals surface area contributed by atoms with Crippen LogP contribution in [-0.4, -0.2) is 95.1 Å². The number of carbonyl (C=O) groups is 1. The number of likely N-dealkylation sites (tertiary alicyclic amines) is 2. The summed E-state index contributed by atoms with van der Waals surface area (Å²) in [5.41, 5.74) is 0. The molecule has 0 radical (unpaired) electrons. The Morgan fingerprint density at radius 3 is 1.67 bits per heavy atom. The lowest BCUT2D eigenvalue weighted by Gasteiger charge is -2.30. The van der Waals surface area contributed by atoms with Crippen molar-refractivity contribution in [1.29, 1.82) is 0 Å². The molecule has 2 fully saturated rings. The first-order chi connectivity index (χ1) is 12.4. The average Bonchev–Trinajstić information content (AvgIpc) is 3.03. The number of likely N-dealkylation sites (N-methyl/N-ethyl adjacent to an activating group) is 2. The van der Waals surface area contributed by atoms with E-state index in [2.05, 4.69) is 4.90 Å². The highest BCUT2D eigenvalue weighted by atomic mass is 32.2. The van der Waals surface area contributed by atoms with E-state index in [4.69, 9.17) is 4.79 Å². The molecule has 0 aliphatic carbocycles. The number of halogens is 3. The smallest absolute Gasteiger partial charge is 0.307 e. The lowest BCUT2D eigenvalue weighted by atomic mass is 9.97. The van der Waals surface area contributed by atoms with Crippen LogP contribution in [-0.2, 0) is 14.8 Å². The fraction of sp³-hybridized carbons (Fsp3) is 0.941. The van der Waals surface area contributed by atoms with E-state index in [1.165, 1.54) is 10.6 Å². The Morgan fingerprint density at radius 1 is 0.963 bits per heavy atom. The highest BCUT2D eigenvalue weighted by Crippen LogP contribution is 2.33. The standard InChI is InChI=1S/C7H12F3N.C7H16N2O2S.C2H6.CH2O/c1-11-4-2-6(3-5-11)7(8,9)10;1-8-5-4-7(6-8)9(2)12(3,10)11;2*1-2/h6H,2-5H2,1H3;7H,4-6H2,1-3H3;1-2H3;1H2. The highest BCUT2D eigenvalue weighted by Gasteiger charge is 2.40. The second kappa shape index (κ2) is 13.5. The third-order valence-electron chi connectivity index (χ3n) is 4.59. The van der Waals surface area contributed by atoms with Crippen LogP contribution >= 0.6 is 0 Å². The van der Waals surface area contributed by atoms with E-state index in [1.807, 2.05) is 39.6 Å². The minimum Gasteiger partial charge on any atom is -0.307 e. The van der Waals surface area contributed by atoms with Crippen LogP contribution in [0.3, 0.4) is 0 Å². The summed E-state index contributed by atoms with van der Waals surface area (Å²) in [5, 5.41) is 0. The fourth-order valence-corrected chi connectivity index (χ4v) is 3.53. The van der Waals surface area contributed by atoms with Gasteiger partial charge in [0, 0.05) is 19.6 Å². The molecule has 2 heterocycles. The van der Waals surface area contributed by atoms with Gasteiger partial charge in [0.2, 0.25) is 10.0 Å². The normalized spacial score (nSPS) is 22.1. The maximum Gasteiger partial charge on any atom is 0.391 e. The maximum atomic E-state index is 12.0. The monoisotopic (exact) mass is 419 g/mol. The van der Waals surface area contributed by atoms with E-state index in [9.17, 15) is 21.6 Å². The van der Waals surface area contributed by atoms with Crippen molar-refractivity contribution in [3.63, 3.8) is 0 Å². The summed E-state index contributed by atoms with van der Waals surface area (Å²) in [4.78, 5) is 12.1. The van der Waals surface area contributed by atoms with Crippen molar-refractivity contribution < 1.29 is 26.4 Å². The van der Waals surface area contributed by atoms with Crippen LogP contribution in [0.4, 0.5) is 13.2 Å². The molecule has 0 spiro atoms. The van der Waals surface area contributed by atoms with Crippen LogP contribution in [0, 0.1) is 5.92 Å². The molecule has 0 amide bonds. The fourth-order valence-electron chi connectivity index (χ4n) is 2.82. The van der Waals surface area contributed by atoms with E-state index < -0.39 is 22.1 Å². The van der Waals surface area contributed by atoms with E-state index in [1.54, 1.807) is 7.05 Å². The summed E-state index contributed by atoms with van der Waals surface area (Å²) in [6.07, 6.45) is -1.24. The lowest BCUT2D eigenvalue weighted by molar-refractivity contribution is -0.184. The molecule has 0 N–H and O–H groups in total. The quantitative estimate of drug-likeness (QED) is 0.687. The topological polar surface area (TPSA) is 60.9 Å². The predicted molar refractivity (Wildman–Crippen MR) is 103 cm³/mol. The molecule has 0 aromatic carbocycles. The number of rotatable bonds is 2. The molecule has 0 bridgehead atoms. The van der Waals surface area contributed by atoms with Crippen molar-refractivity contribution in [2.75, 3.05) is 53.6 Å². The molecule has 10 heteroatoms. The van der Waals surface area contributed by atoms with Crippen molar-refractivity contribution in [2.45, 2.75) is 45.3 Å². The van der Waals surface area contributed by atoms with Crippen LogP contribution in [0.2, 0.25) is 0 Å². The molecule has 0 aromatic rings. The van der Waals surface area contributed by atoms with Crippen LogP contribution in [0.5, 0.6) is 0 Å². The van der Waals surface area contributed by atoms with Crippen LogP contribution < -0.4 is 0 Å². The predicted octanol–water partition coefficient (Wildman–Crippen LogP) is 2.31. The van der Waals surface area contributed by atoms with Crippen molar-refractivity contribution in [1.82, 2.24) is 14.1 Å². The third-order valence-corrected chi connectivity index (χ3v) is 5.93.